The van der Waals surface area contributed by atoms with Crippen LogP contribution in [0.15, 0.2) is 12.1 Å². The molecule has 5 heteroatoms. The molecule has 0 aliphatic carbocycles. The first-order valence-electron chi connectivity index (χ1n) is 3.95. The number of aromatic hydroxyl groups is 1. The van der Waals surface area contributed by atoms with Crippen molar-refractivity contribution in [2.24, 2.45) is 0 Å². The summed E-state index contributed by atoms with van der Waals surface area (Å²) in [4.78, 5) is 0. The van der Waals surface area contributed by atoms with Crippen LogP contribution in [-0.2, 0) is 4.74 Å². The Morgan fingerprint density at radius 2 is 1.93 bits per heavy atom. The molecule has 3 nitrogen and oxygen atoms in total. The Balaban J connectivity index is 2.73. The molecule has 78 valence electrons. The normalized spacial score (nSPS) is 10.2. The summed E-state index contributed by atoms with van der Waals surface area (Å²) in [5.74, 6) is -3.47. The quantitative estimate of drug-likeness (QED) is 0.758. The van der Waals surface area contributed by atoms with E-state index in [1.54, 1.807) is 0 Å². The van der Waals surface area contributed by atoms with Crippen LogP contribution in [0.1, 0.15) is 0 Å². The maximum absolute atomic E-state index is 13.0. The van der Waals surface area contributed by atoms with E-state index in [1.807, 2.05) is 0 Å². The number of phenols is 1. The van der Waals surface area contributed by atoms with Gasteiger partial charge in [-0.3, -0.25) is 0 Å². The third-order valence-electron chi connectivity index (χ3n) is 1.57. The Morgan fingerprint density at radius 1 is 1.21 bits per heavy atom. The Hall–Kier alpha value is -1.36. The number of benzene rings is 1. The molecule has 0 fully saturated rings. The van der Waals surface area contributed by atoms with Crippen molar-refractivity contribution in [3.63, 3.8) is 0 Å². The maximum atomic E-state index is 13.0. The minimum atomic E-state index is -1.31. The molecular formula is C9H10F2O3. The number of halogens is 2. The Labute approximate surface area is 79.9 Å². The summed E-state index contributed by atoms with van der Waals surface area (Å²) in [6.45, 7) is 0.402. The van der Waals surface area contributed by atoms with Gasteiger partial charge in [0.25, 0.3) is 0 Å². The van der Waals surface area contributed by atoms with Crippen molar-refractivity contribution in [2.75, 3.05) is 20.3 Å². The Bertz CT molecular complexity index is 315. The fourth-order valence-corrected chi connectivity index (χ4v) is 0.868. The average Bonchev–Trinajstić information content (AvgIpc) is 2.18. The summed E-state index contributed by atoms with van der Waals surface area (Å²) >= 11 is 0. The van der Waals surface area contributed by atoms with Gasteiger partial charge in [-0.25, -0.2) is 0 Å². The zero-order valence-corrected chi connectivity index (χ0v) is 7.59. The lowest BCUT2D eigenvalue weighted by molar-refractivity contribution is 0.143. The van der Waals surface area contributed by atoms with E-state index >= 15 is 0 Å². The lowest BCUT2D eigenvalue weighted by Gasteiger charge is -2.07. The molecule has 1 N–H and O–H groups in total. The SMILES string of the molecule is COCCOc1ccc(O)c(F)c1F. The highest BCUT2D eigenvalue weighted by Gasteiger charge is 2.13. The molecule has 0 unspecified atom stereocenters. The van der Waals surface area contributed by atoms with Crippen LogP contribution in [0.4, 0.5) is 8.78 Å². The van der Waals surface area contributed by atoms with Gasteiger partial charge in [0, 0.05) is 7.11 Å². The third kappa shape index (κ3) is 2.32. The van der Waals surface area contributed by atoms with Crippen molar-refractivity contribution in [3.8, 4) is 11.5 Å². The summed E-state index contributed by atoms with van der Waals surface area (Å²) in [6, 6.07) is 2.18. The fraction of sp³-hybridized carbons (Fsp3) is 0.333. The molecule has 0 aromatic heterocycles. The summed E-state index contributed by atoms with van der Waals surface area (Å²) in [7, 11) is 1.47. The van der Waals surface area contributed by atoms with Crippen LogP contribution in [0.2, 0.25) is 0 Å². The van der Waals surface area contributed by atoms with Crippen molar-refractivity contribution < 1.29 is 23.4 Å². The number of rotatable bonds is 4. The number of hydrogen-bond donors (Lipinski definition) is 1. The van der Waals surface area contributed by atoms with Crippen molar-refractivity contribution in [3.05, 3.63) is 23.8 Å². The number of ether oxygens (including phenoxy) is 2. The third-order valence-corrected chi connectivity index (χ3v) is 1.57. The second-order valence-electron chi connectivity index (χ2n) is 2.55. The van der Waals surface area contributed by atoms with E-state index in [1.165, 1.54) is 7.11 Å². The highest BCUT2D eigenvalue weighted by molar-refractivity contribution is 5.33. The lowest BCUT2D eigenvalue weighted by Crippen LogP contribution is -2.06. The molecule has 0 saturated carbocycles. The molecular weight excluding hydrogens is 194 g/mol. The molecule has 0 heterocycles. The van der Waals surface area contributed by atoms with Crippen LogP contribution in [0, 0.1) is 11.6 Å². The van der Waals surface area contributed by atoms with Gasteiger partial charge in [0.2, 0.25) is 11.6 Å². The smallest absolute Gasteiger partial charge is 0.204 e. The van der Waals surface area contributed by atoms with Gasteiger partial charge < -0.3 is 14.6 Å². The van der Waals surface area contributed by atoms with Crippen molar-refractivity contribution >= 4 is 0 Å². The van der Waals surface area contributed by atoms with Crippen LogP contribution in [-0.4, -0.2) is 25.4 Å². The highest BCUT2D eigenvalue weighted by Crippen LogP contribution is 2.26. The second kappa shape index (κ2) is 4.76. The molecule has 0 aliphatic heterocycles. The van der Waals surface area contributed by atoms with E-state index in [2.05, 4.69) is 4.74 Å². The van der Waals surface area contributed by atoms with Crippen molar-refractivity contribution in [2.45, 2.75) is 0 Å². The van der Waals surface area contributed by atoms with E-state index in [4.69, 9.17) is 9.84 Å². The standard InChI is InChI=1S/C9H10F2O3/c1-13-4-5-14-7-3-2-6(12)8(10)9(7)11/h2-3,12H,4-5H2,1H3. The zero-order valence-electron chi connectivity index (χ0n) is 7.59. The lowest BCUT2D eigenvalue weighted by atomic mass is 10.3. The first-order valence-corrected chi connectivity index (χ1v) is 3.95. The highest BCUT2D eigenvalue weighted by atomic mass is 19.2. The number of phenolic OH excluding ortho intramolecular Hbond substituents is 1. The Kier molecular flexibility index (Phi) is 3.64. The largest absolute Gasteiger partial charge is 0.505 e. The van der Waals surface area contributed by atoms with Gasteiger partial charge in [-0.2, -0.15) is 8.78 Å². The van der Waals surface area contributed by atoms with Gasteiger partial charge in [0.1, 0.15) is 6.61 Å². The molecule has 1 rings (SSSR count). The molecule has 0 aliphatic rings. The summed E-state index contributed by atoms with van der Waals surface area (Å²) < 4.78 is 35.3. The second-order valence-corrected chi connectivity index (χ2v) is 2.55. The van der Waals surface area contributed by atoms with E-state index in [0.29, 0.717) is 0 Å². The van der Waals surface area contributed by atoms with Crippen LogP contribution in [0.3, 0.4) is 0 Å². The zero-order chi connectivity index (χ0) is 10.6. The van der Waals surface area contributed by atoms with Gasteiger partial charge in [0.05, 0.1) is 6.61 Å². The number of hydrogen-bond acceptors (Lipinski definition) is 3. The van der Waals surface area contributed by atoms with Crippen LogP contribution in [0.5, 0.6) is 11.5 Å². The molecule has 0 spiro atoms. The molecule has 1 aromatic carbocycles. The predicted molar refractivity (Wildman–Crippen MR) is 45.4 cm³/mol. The fourth-order valence-electron chi connectivity index (χ4n) is 0.868. The topological polar surface area (TPSA) is 38.7 Å². The molecule has 1 aromatic rings. The van der Waals surface area contributed by atoms with Crippen LogP contribution in [0.25, 0.3) is 0 Å². The van der Waals surface area contributed by atoms with E-state index in [9.17, 15) is 8.78 Å². The molecule has 14 heavy (non-hydrogen) atoms. The van der Waals surface area contributed by atoms with E-state index in [0.717, 1.165) is 12.1 Å². The first-order chi connectivity index (χ1) is 6.66. The minimum absolute atomic E-state index is 0.123. The summed E-state index contributed by atoms with van der Waals surface area (Å²) in [5, 5.41) is 8.80. The predicted octanol–water partition coefficient (Wildman–Crippen LogP) is 1.70. The minimum Gasteiger partial charge on any atom is -0.505 e. The van der Waals surface area contributed by atoms with E-state index in [-0.39, 0.29) is 19.0 Å². The molecule has 0 radical (unpaired) electrons. The molecule has 0 atom stereocenters. The summed E-state index contributed by atoms with van der Waals surface area (Å²) in [6.07, 6.45) is 0. The van der Waals surface area contributed by atoms with Crippen molar-refractivity contribution in [1.82, 2.24) is 0 Å². The monoisotopic (exact) mass is 204 g/mol. The molecule has 0 saturated heterocycles. The van der Waals surface area contributed by atoms with Crippen molar-refractivity contribution in [1.29, 1.82) is 0 Å². The molecule has 0 bridgehead atoms. The van der Waals surface area contributed by atoms with Gasteiger partial charge in [-0.1, -0.05) is 0 Å². The molecule has 0 amide bonds. The first kappa shape index (κ1) is 10.7. The maximum Gasteiger partial charge on any atom is 0.204 e. The number of methoxy groups -OCH3 is 1. The summed E-state index contributed by atoms with van der Waals surface area (Å²) in [5.41, 5.74) is 0. The van der Waals surface area contributed by atoms with Gasteiger partial charge in [-0.15, -0.1) is 0 Å². The van der Waals surface area contributed by atoms with Crippen LogP contribution < -0.4 is 4.74 Å². The van der Waals surface area contributed by atoms with Gasteiger partial charge in [0.15, 0.2) is 11.5 Å². The Morgan fingerprint density at radius 3 is 2.57 bits per heavy atom. The van der Waals surface area contributed by atoms with Crippen LogP contribution >= 0.6 is 0 Å². The van der Waals surface area contributed by atoms with Gasteiger partial charge in [-0.05, 0) is 12.1 Å². The van der Waals surface area contributed by atoms with E-state index < -0.39 is 17.4 Å². The average molecular weight is 204 g/mol. The van der Waals surface area contributed by atoms with Gasteiger partial charge >= 0.3 is 0 Å².